The van der Waals surface area contributed by atoms with Gasteiger partial charge in [0.1, 0.15) is 10.3 Å². The Kier molecular flexibility index (Phi) is 4.02. The lowest BCUT2D eigenvalue weighted by molar-refractivity contribution is 0.00548. The second kappa shape index (κ2) is 5.26. The van der Waals surface area contributed by atoms with Crippen molar-refractivity contribution in [3.8, 4) is 0 Å². The Morgan fingerprint density at radius 2 is 1.68 bits per heavy atom. The summed E-state index contributed by atoms with van der Waals surface area (Å²) < 4.78 is 29.7. The zero-order valence-corrected chi connectivity index (χ0v) is 14.5. The van der Waals surface area contributed by atoms with E-state index in [-0.39, 0.29) is 13.1 Å². The molecule has 1 aromatic rings. The minimum atomic E-state index is -3.48. The Bertz CT molecular complexity index is 665. The van der Waals surface area contributed by atoms with E-state index in [1.807, 2.05) is 6.92 Å². The molecule has 0 aromatic heterocycles. The second-order valence-electron chi connectivity index (χ2n) is 7.10. The molecule has 0 unspecified atom stereocenters. The van der Waals surface area contributed by atoms with Crippen molar-refractivity contribution in [2.24, 2.45) is 0 Å². The van der Waals surface area contributed by atoms with Gasteiger partial charge in [0.15, 0.2) is 9.84 Å². The van der Waals surface area contributed by atoms with Crippen LogP contribution in [0.4, 0.5) is 4.79 Å². The summed E-state index contributed by atoms with van der Waals surface area (Å²) in [5, 5.41) is 0. The summed E-state index contributed by atoms with van der Waals surface area (Å²) in [6, 6.07) is 6.79. The third-order valence-corrected chi connectivity index (χ3v) is 6.13. The summed E-state index contributed by atoms with van der Waals surface area (Å²) in [4.78, 5) is 13.7. The topological polar surface area (TPSA) is 63.7 Å². The number of hydrogen-bond acceptors (Lipinski definition) is 4. The van der Waals surface area contributed by atoms with E-state index in [2.05, 4.69) is 0 Å². The Hall–Kier alpha value is -1.56. The molecule has 1 amide bonds. The van der Waals surface area contributed by atoms with Crippen LogP contribution in [0.2, 0.25) is 0 Å². The van der Waals surface area contributed by atoms with Gasteiger partial charge in [-0.2, -0.15) is 0 Å². The third-order valence-electron chi connectivity index (χ3n) is 3.68. The number of likely N-dealkylation sites (tertiary alicyclic amines) is 1. The van der Waals surface area contributed by atoms with Crippen LogP contribution < -0.4 is 0 Å². The van der Waals surface area contributed by atoms with E-state index in [0.717, 1.165) is 5.56 Å². The Balaban J connectivity index is 2.11. The lowest BCUT2D eigenvalue weighted by Gasteiger charge is -2.46. The lowest BCUT2D eigenvalue weighted by Crippen LogP contribution is -2.65. The fraction of sp³-hybridized carbons (Fsp3) is 0.562. The zero-order valence-electron chi connectivity index (χ0n) is 13.7. The Labute approximate surface area is 132 Å². The van der Waals surface area contributed by atoms with E-state index >= 15 is 0 Å². The minimum absolute atomic E-state index is 0.151. The smallest absolute Gasteiger partial charge is 0.410 e. The molecule has 1 aliphatic heterocycles. The first kappa shape index (κ1) is 16.8. The van der Waals surface area contributed by atoms with Crippen LogP contribution in [0.5, 0.6) is 0 Å². The van der Waals surface area contributed by atoms with Crippen LogP contribution >= 0.6 is 0 Å². The Morgan fingerprint density at radius 3 is 2.14 bits per heavy atom. The van der Waals surface area contributed by atoms with Gasteiger partial charge in [-0.3, -0.25) is 0 Å². The van der Waals surface area contributed by atoms with Gasteiger partial charge in [0, 0.05) is 13.1 Å². The van der Waals surface area contributed by atoms with Crippen molar-refractivity contribution in [2.45, 2.75) is 49.9 Å². The predicted molar refractivity (Wildman–Crippen MR) is 84.6 cm³/mol. The summed E-state index contributed by atoms with van der Waals surface area (Å²) in [6.07, 6.45) is -0.468. The second-order valence-corrected chi connectivity index (χ2v) is 9.57. The van der Waals surface area contributed by atoms with Crippen LogP contribution in [-0.4, -0.2) is 42.8 Å². The first-order valence-electron chi connectivity index (χ1n) is 7.24. The van der Waals surface area contributed by atoms with Crippen molar-refractivity contribution >= 4 is 15.9 Å². The van der Waals surface area contributed by atoms with Crippen molar-refractivity contribution < 1.29 is 17.9 Å². The van der Waals surface area contributed by atoms with E-state index in [9.17, 15) is 13.2 Å². The van der Waals surface area contributed by atoms with E-state index in [1.165, 1.54) is 4.90 Å². The Morgan fingerprint density at radius 1 is 1.18 bits per heavy atom. The molecule has 0 radical (unpaired) electrons. The largest absolute Gasteiger partial charge is 0.444 e. The molecule has 0 bridgehead atoms. The van der Waals surface area contributed by atoms with Gasteiger partial charge in [-0.25, -0.2) is 13.2 Å². The number of rotatable bonds is 2. The molecule has 2 rings (SSSR count). The van der Waals surface area contributed by atoms with Crippen LogP contribution in [0.1, 0.15) is 33.3 Å². The van der Waals surface area contributed by atoms with E-state index < -0.39 is 26.3 Å². The number of benzene rings is 1. The normalized spacial score (nSPS) is 17.8. The van der Waals surface area contributed by atoms with Gasteiger partial charge in [-0.05, 0) is 46.8 Å². The molecular weight excluding hydrogens is 302 g/mol. The molecule has 5 nitrogen and oxygen atoms in total. The number of amides is 1. The quantitative estimate of drug-likeness (QED) is 0.839. The fourth-order valence-corrected chi connectivity index (χ4v) is 4.10. The summed E-state index contributed by atoms with van der Waals surface area (Å²) >= 11 is 0. The highest BCUT2D eigenvalue weighted by Crippen LogP contribution is 2.35. The molecule has 1 aliphatic rings. The molecule has 0 saturated carbocycles. The summed E-state index contributed by atoms with van der Waals surface area (Å²) in [5.74, 6) is 0. The molecule has 122 valence electrons. The maximum Gasteiger partial charge on any atom is 0.410 e. The SMILES string of the molecule is Cc1ccc(S(=O)(=O)C2(C)CN(C(=O)OC(C)(C)C)C2)cc1. The number of hydrogen-bond donors (Lipinski definition) is 0. The first-order chi connectivity index (χ1) is 9.95. The van der Waals surface area contributed by atoms with Gasteiger partial charge < -0.3 is 9.64 Å². The maximum absolute atomic E-state index is 12.7. The molecule has 1 aromatic carbocycles. The molecule has 0 atom stereocenters. The number of nitrogens with zero attached hydrogens (tertiary/aromatic N) is 1. The molecule has 1 heterocycles. The fourth-order valence-electron chi connectivity index (χ4n) is 2.39. The number of aryl methyl sites for hydroxylation is 1. The predicted octanol–water partition coefficient (Wildman–Crippen LogP) is 2.78. The monoisotopic (exact) mass is 325 g/mol. The van der Waals surface area contributed by atoms with E-state index in [4.69, 9.17) is 4.74 Å². The molecule has 0 N–H and O–H groups in total. The van der Waals surface area contributed by atoms with Crippen molar-refractivity contribution in [3.63, 3.8) is 0 Å². The van der Waals surface area contributed by atoms with Gasteiger partial charge in [-0.15, -0.1) is 0 Å². The summed E-state index contributed by atoms with van der Waals surface area (Å²) in [6.45, 7) is 9.23. The van der Waals surface area contributed by atoms with Gasteiger partial charge in [0.2, 0.25) is 0 Å². The van der Waals surface area contributed by atoms with Crippen LogP contribution in [-0.2, 0) is 14.6 Å². The highest BCUT2D eigenvalue weighted by molar-refractivity contribution is 7.93. The molecule has 0 aliphatic carbocycles. The van der Waals surface area contributed by atoms with Crippen LogP contribution in [0.25, 0.3) is 0 Å². The number of sulfone groups is 1. The van der Waals surface area contributed by atoms with Gasteiger partial charge >= 0.3 is 6.09 Å². The molecule has 1 saturated heterocycles. The third kappa shape index (κ3) is 3.11. The number of carbonyl (C=O) groups excluding carboxylic acids is 1. The molecule has 0 spiro atoms. The van der Waals surface area contributed by atoms with E-state index in [0.29, 0.717) is 4.90 Å². The summed E-state index contributed by atoms with van der Waals surface area (Å²) in [7, 11) is -3.48. The van der Waals surface area contributed by atoms with Gasteiger partial charge in [0.25, 0.3) is 0 Å². The zero-order chi connectivity index (χ0) is 16.8. The van der Waals surface area contributed by atoms with Crippen molar-refractivity contribution in [3.05, 3.63) is 29.8 Å². The molecule has 22 heavy (non-hydrogen) atoms. The van der Waals surface area contributed by atoms with Gasteiger partial charge in [-0.1, -0.05) is 17.7 Å². The van der Waals surface area contributed by atoms with Gasteiger partial charge in [0.05, 0.1) is 4.90 Å². The molecule has 6 heteroatoms. The minimum Gasteiger partial charge on any atom is -0.444 e. The average Bonchev–Trinajstić information content (AvgIpc) is 2.33. The van der Waals surface area contributed by atoms with Crippen LogP contribution in [0.3, 0.4) is 0 Å². The van der Waals surface area contributed by atoms with Crippen molar-refractivity contribution in [1.82, 2.24) is 4.90 Å². The van der Waals surface area contributed by atoms with Crippen LogP contribution in [0.15, 0.2) is 29.2 Å². The first-order valence-corrected chi connectivity index (χ1v) is 8.72. The van der Waals surface area contributed by atoms with Crippen molar-refractivity contribution in [1.29, 1.82) is 0 Å². The van der Waals surface area contributed by atoms with Crippen molar-refractivity contribution in [2.75, 3.05) is 13.1 Å². The standard InChI is InChI=1S/C16H23NO4S/c1-12-6-8-13(9-7-12)22(19,20)16(5)10-17(11-16)14(18)21-15(2,3)4/h6-9H,10-11H2,1-5H3. The van der Waals surface area contributed by atoms with E-state index in [1.54, 1.807) is 52.0 Å². The number of ether oxygens (including phenoxy) is 1. The molecular formula is C16H23NO4S. The lowest BCUT2D eigenvalue weighted by atomic mass is 10.0. The highest BCUT2D eigenvalue weighted by atomic mass is 32.2. The summed E-state index contributed by atoms with van der Waals surface area (Å²) in [5.41, 5.74) is 0.423. The highest BCUT2D eigenvalue weighted by Gasteiger charge is 2.52. The maximum atomic E-state index is 12.7. The number of carbonyl (C=O) groups is 1. The molecule has 1 fully saturated rings. The van der Waals surface area contributed by atoms with Crippen LogP contribution in [0, 0.1) is 6.92 Å². The average molecular weight is 325 g/mol.